The van der Waals surface area contributed by atoms with Gasteiger partial charge in [-0.1, -0.05) is 18.2 Å². The van der Waals surface area contributed by atoms with Crippen LogP contribution in [-0.4, -0.2) is 43.3 Å². The highest BCUT2D eigenvalue weighted by Gasteiger charge is 2.28. The van der Waals surface area contributed by atoms with E-state index >= 15 is 0 Å². The largest absolute Gasteiger partial charge is 0.368 e. The van der Waals surface area contributed by atoms with Crippen molar-refractivity contribution >= 4 is 22.7 Å². The van der Waals surface area contributed by atoms with E-state index in [4.69, 9.17) is 5.41 Å². The van der Waals surface area contributed by atoms with E-state index in [1.807, 2.05) is 17.5 Å². The van der Waals surface area contributed by atoms with Crippen molar-refractivity contribution in [2.75, 3.05) is 31.6 Å². The molecule has 2 aliphatic rings. The third-order valence-corrected chi connectivity index (χ3v) is 6.33. The van der Waals surface area contributed by atoms with Crippen LogP contribution in [0, 0.1) is 5.41 Å². The van der Waals surface area contributed by atoms with E-state index in [0.29, 0.717) is 6.04 Å². The van der Waals surface area contributed by atoms with Gasteiger partial charge in [0.05, 0.1) is 5.71 Å². The van der Waals surface area contributed by atoms with Crippen LogP contribution in [0.4, 0.5) is 5.69 Å². The number of thiophene rings is 1. The minimum Gasteiger partial charge on any atom is -0.368 e. The van der Waals surface area contributed by atoms with Gasteiger partial charge in [0.15, 0.2) is 0 Å². The van der Waals surface area contributed by atoms with Crippen LogP contribution in [0.5, 0.6) is 0 Å². The molecule has 0 radical (unpaired) electrons. The molecule has 1 N–H and O–H groups in total. The lowest BCUT2D eigenvalue weighted by atomic mass is 10.0. The molecule has 0 bridgehead atoms. The van der Waals surface area contributed by atoms with Crippen LogP contribution in [0.15, 0.2) is 35.7 Å². The summed E-state index contributed by atoms with van der Waals surface area (Å²) in [6.45, 7) is 3.59. The fourth-order valence-corrected chi connectivity index (χ4v) is 4.69. The normalized spacial score (nSPS) is 18.8. The highest BCUT2D eigenvalue weighted by Crippen LogP contribution is 2.33. The summed E-state index contributed by atoms with van der Waals surface area (Å²) in [7, 11) is 2.23. The van der Waals surface area contributed by atoms with Gasteiger partial charge in [0.25, 0.3) is 0 Å². The number of hydrogen-bond acceptors (Lipinski definition) is 4. The molecule has 1 aromatic heterocycles. The van der Waals surface area contributed by atoms with E-state index in [0.717, 1.165) is 30.0 Å². The first-order chi connectivity index (χ1) is 11.7. The van der Waals surface area contributed by atoms with Crippen molar-refractivity contribution in [2.45, 2.75) is 31.7 Å². The highest BCUT2D eigenvalue weighted by molar-refractivity contribution is 7.12. The van der Waals surface area contributed by atoms with Gasteiger partial charge < -0.3 is 15.2 Å². The van der Waals surface area contributed by atoms with Crippen LogP contribution in [0.3, 0.4) is 0 Å². The van der Waals surface area contributed by atoms with Crippen molar-refractivity contribution in [3.63, 3.8) is 0 Å². The van der Waals surface area contributed by atoms with Crippen LogP contribution in [0.25, 0.3) is 0 Å². The van der Waals surface area contributed by atoms with E-state index in [2.05, 4.69) is 35.0 Å². The van der Waals surface area contributed by atoms with Crippen molar-refractivity contribution < 1.29 is 0 Å². The topological polar surface area (TPSA) is 30.3 Å². The SMILES string of the molecule is CN1CCC(N2CCc3cc(CC(=N)c4cccs4)ccc32)CC1. The standard InChI is InChI=1S/C20H25N3S/c1-22-9-7-17(8-10-22)23-11-6-16-13-15(4-5-19(16)23)14-18(21)20-3-2-12-24-20/h2-5,12-13,17,21H,6-11,14H2,1H3. The number of piperidine rings is 1. The van der Waals surface area contributed by atoms with Gasteiger partial charge in [0.2, 0.25) is 0 Å². The molecule has 0 amide bonds. The Morgan fingerprint density at radius 3 is 2.79 bits per heavy atom. The molecule has 2 aromatic rings. The predicted molar refractivity (Wildman–Crippen MR) is 103 cm³/mol. The summed E-state index contributed by atoms with van der Waals surface area (Å²) in [6, 6.07) is 11.6. The lowest BCUT2D eigenvalue weighted by molar-refractivity contribution is 0.251. The molecule has 3 heterocycles. The first-order valence-corrected chi connectivity index (χ1v) is 9.77. The molecule has 1 saturated heterocycles. The summed E-state index contributed by atoms with van der Waals surface area (Å²) in [6.07, 6.45) is 4.45. The van der Waals surface area contributed by atoms with Crippen molar-refractivity contribution in [3.8, 4) is 0 Å². The van der Waals surface area contributed by atoms with E-state index in [-0.39, 0.29) is 0 Å². The van der Waals surface area contributed by atoms with Gasteiger partial charge in [-0.25, -0.2) is 0 Å². The first kappa shape index (κ1) is 15.9. The lowest BCUT2D eigenvalue weighted by Gasteiger charge is -2.36. The number of nitrogens with one attached hydrogen (secondary N) is 1. The second-order valence-corrected chi connectivity index (χ2v) is 8.02. The second-order valence-electron chi connectivity index (χ2n) is 7.07. The molecule has 3 nitrogen and oxygen atoms in total. The fourth-order valence-electron chi connectivity index (χ4n) is 4.02. The predicted octanol–water partition coefficient (Wildman–Crippen LogP) is 3.82. The first-order valence-electron chi connectivity index (χ1n) is 8.89. The molecular formula is C20H25N3S. The lowest BCUT2D eigenvalue weighted by Crippen LogP contribution is -2.43. The zero-order valence-electron chi connectivity index (χ0n) is 14.3. The number of likely N-dealkylation sites (tertiary alicyclic amines) is 1. The minimum absolute atomic E-state index is 0.706. The van der Waals surface area contributed by atoms with Gasteiger partial charge in [-0.15, -0.1) is 11.3 Å². The van der Waals surface area contributed by atoms with E-state index in [1.165, 1.54) is 42.7 Å². The van der Waals surface area contributed by atoms with Crippen LogP contribution in [-0.2, 0) is 12.8 Å². The molecule has 0 unspecified atom stereocenters. The van der Waals surface area contributed by atoms with Crippen molar-refractivity contribution in [1.82, 2.24) is 4.90 Å². The zero-order valence-corrected chi connectivity index (χ0v) is 15.1. The smallest absolute Gasteiger partial charge is 0.0529 e. The maximum atomic E-state index is 8.29. The number of hydrogen-bond donors (Lipinski definition) is 1. The molecule has 0 spiro atoms. The Morgan fingerprint density at radius 2 is 2.04 bits per heavy atom. The Bertz CT molecular complexity index is 714. The minimum atomic E-state index is 0.706. The third-order valence-electron chi connectivity index (χ3n) is 5.40. The summed E-state index contributed by atoms with van der Waals surface area (Å²) in [4.78, 5) is 6.16. The number of anilines is 1. The summed E-state index contributed by atoms with van der Waals surface area (Å²) < 4.78 is 0. The molecule has 126 valence electrons. The average molecular weight is 340 g/mol. The van der Waals surface area contributed by atoms with Crippen LogP contribution in [0.1, 0.15) is 28.8 Å². The Balaban J connectivity index is 1.47. The maximum Gasteiger partial charge on any atom is 0.0529 e. The maximum absolute atomic E-state index is 8.29. The molecule has 24 heavy (non-hydrogen) atoms. The molecule has 0 aliphatic carbocycles. The molecule has 1 fully saturated rings. The van der Waals surface area contributed by atoms with E-state index in [1.54, 1.807) is 11.3 Å². The van der Waals surface area contributed by atoms with Gasteiger partial charge in [-0.05, 0) is 68.0 Å². The average Bonchev–Trinajstić information content (AvgIpc) is 3.25. The van der Waals surface area contributed by atoms with Gasteiger partial charge in [-0.3, -0.25) is 0 Å². The van der Waals surface area contributed by atoms with Crippen LogP contribution >= 0.6 is 11.3 Å². The summed E-state index contributed by atoms with van der Waals surface area (Å²) in [5.74, 6) is 0. The number of rotatable bonds is 4. The highest BCUT2D eigenvalue weighted by atomic mass is 32.1. The molecule has 2 aliphatic heterocycles. The Kier molecular flexibility index (Phi) is 4.42. The molecule has 4 rings (SSSR count). The van der Waals surface area contributed by atoms with E-state index < -0.39 is 0 Å². The summed E-state index contributed by atoms with van der Waals surface area (Å²) >= 11 is 1.66. The van der Waals surface area contributed by atoms with E-state index in [9.17, 15) is 0 Å². The molecule has 1 aromatic carbocycles. The monoisotopic (exact) mass is 339 g/mol. The van der Waals surface area contributed by atoms with Crippen LogP contribution < -0.4 is 4.90 Å². The third kappa shape index (κ3) is 3.13. The molecule has 0 atom stereocenters. The molecular weight excluding hydrogens is 314 g/mol. The number of nitrogens with zero attached hydrogens (tertiary/aromatic N) is 2. The van der Waals surface area contributed by atoms with Crippen molar-refractivity contribution in [1.29, 1.82) is 5.41 Å². The summed E-state index contributed by atoms with van der Waals surface area (Å²) in [5.41, 5.74) is 4.92. The Morgan fingerprint density at radius 1 is 1.21 bits per heavy atom. The van der Waals surface area contributed by atoms with Gasteiger partial charge in [-0.2, -0.15) is 0 Å². The van der Waals surface area contributed by atoms with Gasteiger partial charge in [0, 0.05) is 29.6 Å². The molecule has 4 heteroatoms. The van der Waals surface area contributed by atoms with Crippen LogP contribution in [0.2, 0.25) is 0 Å². The van der Waals surface area contributed by atoms with Gasteiger partial charge in [0.1, 0.15) is 0 Å². The second kappa shape index (κ2) is 6.69. The van der Waals surface area contributed by atoms with Crippen molar-refractivity contribution in [3.05, 3.63) is 51.7 Å². The Labute approximate surface area is 148 Å². The van der Waals surface area contributed by atoms with Gasteiger partial charge >= 0.3 is 0 Å². The zero-order chi connectivity index (χ0) is 16.5. The molecule has 0 saturated carbocycles. The Hall–Kier alpha value is -1.65. The van der Waals surface area contributed by atoms with Crippen molar-refractivity contribution in [2.24, 2.45) is 0 Å². The fraction of sp³-hybridized carbons (Fsp3) is 0.450. The number of benzene rings is 1. The quantitative estimate of drug-likeness (QED) is 0.859. The number of fused-ring (bicyclic) bond motifs is 1. The summed E-state index contributed by atoms with van der Waals surface area (Å²) in [5, 5.41) is 10.3.